The van der Waals surface area contributed by atoms with E-state index in [0.29, 0.717) is 11.9 Å². The molecule has 0 spiro atoms. The second-order valence-electron chi connectivity index (χ2n) is 8.91. The van der Waals surface area contributed by atoms with Gasteiger partial charge in [0.25, 0.3) is 11.9 Å². The summed E-state index contributed by atoms with van der Waals surface area (Å²) in [6, 6.07) is 43.5. The average Bonchev–Trinajstić information content (AvgIpc) is 3.62. The van der Waals surface area contributed by atoms with Gasteiger partial charge in [0.15, 0.2) is 0 Å². The zero-order chi connectivity index (χ0) is 25.3. The van der Waals surface area contributed by atoms with E-state index in [-0.39, 0.29) is 0 Å². The second kappa shape index (κ2) is 9.34. The van der Waals surface area contributed by atoms with Crippen molar-refractivity contribution in [1.82, 2.24) is 0 Å². The van der Waals surface area contributed by atoms with Crippen LogP contribution in [0.15, 0.2) is 142 Å². The maximum Gasteiger partial charge on any atom is 0.290 e. The Morgan fingerprint density at radius 2 is 0.684 bits per heavy atom. The third-order valence-corrected chi connectivity index (χ3v) is 6.51. The highest BCUT2D eigenvalue weighted by molar-refractivity contribution is 6.20. The molecule has 0 atom stereocenters. The van der Waals surface area contributed by atoms with Crippen LogP contribution in [0, 0.1) is 0 Å². The second-order valence-corrected chi connectivity index (χ2v) is 8.91. The third kappa shape index (κ3) is 3.98. The van der Waals surface area contributed by atoms with Gasteiger partial charge in [0, 0.05) is 23.3 Å². The summed E-state index contributed by atoms with van der Waals surface area (Å²) in [6.45, 7) is 0. The lowest BCUT2D eigenvalue weighted by atomic mass is 9.90. The Bertz CT molecular complexity index is 1670. The molecule has 4 nitrogen and oxygen atoms in total. The number of para-hydroxylation sites is 2. The SMILES string of the molecule is c1ccc(Oc2ccc(-c3c4ccccc4c(-c4ccc(Oc5ccccc5)o4)c4ccccc34)o2)cc1. The number of ether oxygens (including phenoxy) is 2. The molecule has 0 amide bonds. The van der Waals surface area contributed by atoms with Crippen molar-refractivity contribution >= 4 is 21.5 Å². The predicted molar refractivity (Wildman–Crippen MR) is 150 cm³/mol. The van der Waals surface area contributed by atoms with Crippen LogP contribution in [-0.4, -0.2) is 0 Å². The molecular formula is C34H22O4. The van der Waals surface area contributed by atoms with Crippen LogP contribution in [0.25, 0.3) is 44.2 Å². The van der Waals surface area contributed by atoms with E-state index in [1.54, 1.807) is 0 Å². The minimum absolute atomic E-state index is 0.442. The molecule has 4 heteroatoms. The fraction of sp³-hybridized carbons (Fsp3) is 0. The molecule has 0 unspecified atom stereocenters. The van der Waals surface area contributed by atoms with Gasteiger partial charge < -0.3 is 18.3 Å². The van der Waals surface area contributed by atoms with Gasteiger partial charge in [0.05, 0.1) is 0 Å². The van der Waals surface area contributed by atoms with E-state index in [1.807, 2.05) is 109 Å². The molecule has 2 aromatic heterocycles. The van der Waals surface area contributed by atoms with E-state index in [0.717, 1.165) is 55.7 Å². The maximum atomic E-state index is 6.24. The van der Waals surface area contributed by atoms with Crippen molar-refractivity contribution in [3.8, 4) is 46.0 Å². The first-order chi connectivity index (χ1) is 18.8. The number of benzene rings is 5. The smallest absolute Gasteiger partial charge is 0.290 e. The first-order valence-electron chi connectivity index (χ1n) is 12.4. The highest BCUT2D eigenvalue weighted by atomic mass is 16.6. The predicted octanol–water partition coefficient (Wildman–Crippen LogP) is 10.1. The molecular weight excluding hydrogens is 472 g/mol. The van der Waals surface area contributed by atoms with Gasteiger partial charge in [-0.3, -0.25) is 0 Å². The third-order valence-electron chi connectivity index (χ3n) is 6.51. The van der Waals surface area contributed by atoms with Crippen LogP contribution in [0.5, 0.6) is 23.4 Å². The van der Waals surface area contributed by atoms with Gasteiger partial charge in [-0.2, -0.15) is 0 Å². The minimum atomic E-state index is 0.442. The zero-order valence-electron chi connectivity index (χ0n) is 20.3. The van der Waals surface area contributed by atoms with E-state index in [1.165, 1.54) is 0 Å². The van der Waals surface area contributed by atoms with Gasteiger partial charge >= 0.3 is 0 Å². The summed E-state index contributed by atoms with van der Waals surface area (Å²) in [7, 11) is 0. The van der Waals surface area contributed by atoms with Crippen molar-refractivity contribution in [1.29, 1.82) is 0 Å². The molecule has 38 heavy (non-hydrogen) atoms. The number of hydrogen-bond acceptors (Lipinski definition) is 4. The van der Waals surface area contributed by atoms with Crippen LogP contribution in [-0.2, 0) is 0 Å². The van der Waals surface area contributed by atoms with E-state index in [2.05, 4.69) is 24.3 Å². The Hall–Kier alpha value is -5.22. The lowest BCUT2D eigenvalue weighted by Gasteiger charge is -2.14. The van der Waals surface area contributed by atoms with Crippen LogP contribution in [0.3, 0.4) is 0 Å². The Kier molecular flexibility index (Phi) is 5.41. The van der Waals surface area contributed by atoms with Gasteiger partial charge in [-0.1, -0.05) is 84.9 Å². The zero-order valence-corrected chi connectivity index (χ0v) is 20.3. The normalized spacial score (nSPS) is 11.2. The Morgan fingerprint density at radius 3 is 1.05 bits per heavy atom. The van der Waals surface area contributed by atoms with Crippen LogP contribution in [0.1, 0.15) is 0 Å². The highest BCUT2D eigenvalue weighted by Gasteiger charge is 2.20. The summed E-state index contributed by atoms with van der Waals surface area (Å²) >= 11 is 0. The molecule has 7 aromatic rings. The van der Waals surface area contributed by atoms with Crippen LogP contribution in [0.4, 0.5) is 0 Å². The summed E-state index contributed by atoms with van der Waals surface area (Å²) in [5.41, 5.74) is 2.02. The first-order valence-corrected chi connectivity index (χ1v) is 12.4. The number of fused-ring (bicyclic) bond motifs is 2. The molecule has 0 aliphatic rings. The van der Waals surface area contributed by atoms with E-state index in [4.69, 9.17) is 18.3 Å². The summed E-state index contributed by atoms with van der Waals surface area (Å²) in [5, 5.41) is 4.24. The first kappa shape index (κ1) is 22.0. The van der Waals surface area contributed by atoms with Gasteiger partial charge in [-0.25, -0.2) is 0 Å². The van der Waals surface area contributed by atoms with Gasteiger partial charge in [-0.05, 0) is 57.9 Å². The van der Waals surface area contributed by atoms with Crippen molar-refractivity contribution in [3.63, 3.8) is 0 Å². The lowest BCUT2D eigenvalue weighted by molar-refractivity contribution is 0.351. The molecule has 0 saturated carbocycles. The summed E-state index contributed by atoms with van der Waals surface area (Å²) in [4.78, 5) is 0. The Balaban J connectivity index is 1.37. The molecule has 0 saturated heterocycles. The molecule has 0 aliphatic heterocycles. The highest BCUT2D eigenvalue weighted by Crippen LogP contribution is 2.45. The quantitative estimate of drug-likeness (QED) is 0.216. The molecule has 0 aliphatic carbocycles. The maximum absolute atomic E-state index is 6.24. The van der Waals surface area contributed by atoms with Crippen molar-refractivity contribution < 1.29 is 18.3 Å². The minimum Gasteiger partial charge on any atom is -0.426 e. The molecule has 0 fully saturated rings. The number of furan rings is 2. The average molecular weight is 495 g/mol. The molecule has 5 aromatic carbocycles. The molecule has 2 heterocycles. The van der Waals surface area contributed by atoms with Crippen LogP contribution in [0.2, 0.25) is 0 Å². The van der Waals surface area contributed by atoms with Gasteiger partial charge in [0.2, 0.25) is 0 Å². The number of rotatable bonds is 6. The molecule has 0 radical (unpaired) electrons. The summed E-state index contributed by atoms with van der Waals surface area (Å²) < 4.78 is 24.4. The topological polar surface area (TPSA) is 44.7 Å². The monoisotopic (exact) mass is 494 g/mol. The summed E-state index contributed by atoms with van der Waals surface area (Å²) in [6.07, 6.45) is 0. The molecule has 0 N–H and O–H groups in total. The molecule has 182 valence electrons. The van der Waals surface area contributed by atoms with Crippen molar-refractivity contribution in [3.05, 3.63) is 133 Å². The van der Waals surface area contributed by atoms with Crippen molar-refractivity contribution in [2.45, 2.75) is 0 Å². The van der Waals surface area contributed by atoms with E-state index >= 15 is 0 Å². The standard InChI is InChI=1S/C34H22O4/c1-3-11-23(12-4-1)35-31-21-19-29(37-31)33-25-15-7-9-17-27(25)34(28-18-10-8-16-26(28)33)30-20-22-32(38-30)36-24-13-5-2-6-14-24/h1-22H. The largest absolute Gasteiger partial charge is 0.426 e. The fourth-order valence-electron chi connectivity index (χ4n) is 4.89. The fourth-order valence-corrected chi connectivity index (χ4v) is 4.89. The van der Waals surface area contributed by atoms with Gasteiger partial charge in [-0.15, -0.1) is 0 Å². The van der Waals surface area contributed by atoms with Gasteiger partial charge in [0.1, 0.15) is 23.0 Å². The van der Waals surface area contributed by atoms with Crippen LogP contribution >= 0.6 is 0 Å². The summed E-state index contributed by atoms with van der Waals surface area (Å²) in [5.74, 6) is 3.81. The lowest BCUT2D eigenvalue weighted by Crippen LogP contribution is -1.89. The Morgan fingerprint density at radius 1 is 0.342 bits per heavy atom. The molecule has 7 rings (SSSR count). The number of hydrogen-bond donors (Lipinski definition) is 0. The van der Waals surface area contributed by atoms with Crippen molar-refractivity contribution in [2.75, 3.05) is 0 Å². The van der Waals surface area contributed by atoms with E-state index < -0.39 is 0 Å². The molecule has 0 bridgehead atoms. The van der Waals surface area contributed by atoms with Crippen molar-refractivity contribution in [2.24, 2.45) is 0 Å². The van der Waals surface area contributed by atoms with E-state index in [9.17, 15) is 0 Å². The Labute approximate surface area is 219 Å². The van der Waals surface area contributed by atoms with Crippen LogP contribution < -0.4 is 9.47 Å².